The molecule has 0 saturated heterocycles. The number of nitrogens with one attached hydrogen (secondary N) is 2. The minimum Gasteiger partial charge on any atom is -0.478 e. The maximum atomic E-state index is 11.7. The molecule has 0 fully saturated rings. The van der Waals surface area contributed by atoms with E-state index in [0.717, 1.165) is 5.56 Å². The summed E-state index contributed by atoms with van der Waals surface area (Å²) in [7, 11) is 0. The molecule has 18 heavy (non-hydrogen) atoms. The molecule has 1 rings (SSSR count). The summed E-state index contributed by atoms with van der Waals surface area (Å²) in [6, 6.07) is 4.43. The molecular weight excluding hydrogens is 232 g/mol. The van der Waals surface area contributed by atoms with Gasteiger partial charge in [-0.2, -0.15) is 0 Å². The molecule has 1 aromatic rings. The molecule has 5 nitrogen and oxygen atoms in total. The zero-order valence-corrected chi connectivity index (χ0v) is 11.0. The van der Waals surface area contributed by atoms with Gasteiger partial charge in [-0.1, -0.05) is 11.6 Å². The summed E-state index contributed by atoms with van der Waals surface area (Å²) in [5, 5.41) is 14.3. The highest BCUT2D eigenvalue weighted by atomic mass is 16.4. The molecule has 0 atom stereocenters. The Bertz CT molecular complexity index is 476. The fourth-order valence-electron chi connectivity index (χ4n) is 1.44. The van der Waals surface area contributed by atoms with Crippen LogP contribution in [0.4, 0.5) is 10.5 Å². The fourth-order valence-corrected chi connectivity index (χ4v) is 1.44. The highest BCUT2D eigenvalue weighted by Gasteiger charge is 2.16. The SMILES string of the molecule is Cc1ccc(NC(=O)NC(C)(C)C)c(C(=O)O)c1. The molecule has 1 aromatic carbocycles. The molecule has 0 saturated carbocycles. The Hall–Kier alpha value is -2.04. The largest absolute Gasteiger partial charge is 0.478 e. The number of anilines is 1. The zero-order valence-electron chi connectivity index (χ0n) is 11.0. The topological polar surface area (TPSA) is 78.4 Å². The fraction of sp³-hybridized carbons (Fsp3) is 0.385. The number of carboxylic acids is 1. The molecule has 0 aliphatic heterocycles. The molecule has 0 bridgehead atoms. The van der Waals surface area contributed by atoms with Crippen LogP contribution < -0.4 is 10.6 Å². The Kier molecular flexibility index (Phi) is 3.96. The lowest BCUT2D eigenvalue weighted by Gasteiger charge is -2.21. The Labute approximate surface area is 106 Å². The van der Waals surface area contributed by atoms with Crippen LogP contribution in [-0.2, 0) is 0 Å². The normalized spacial score (nSPS) is 10.9. The quantitative estimate of drug-likeness (QED) is 0.755. The number of urea groups is 1. The van der Waals surface area contributed by atoms with Crippen molar-refractivity contribution < 1.29 is 14.7 Å². The summed E-state index contributed by atoms with van der Waals surface area (Å²) in [6.07, 6.45) is 0. The van der Waals surface area contributed by atoms with Crippen LogP contribution in [0.1, 0.15) is 36.7 Å². The Morgan fingerprint density at radius 1 is 1.22 bits per heavy atom. The molecule has 3 N–H and O–H groups in total. The average Bonchev–Trinajstić information content (AvgIpc) is 2.17. The van der Waals surface area contributed by atoms with Crippen molar-refractivity contribution in [2.24, 2.45) is 0 Å². The molecule has 0 aromatic heterocycles. The van der Waals surface area contributed by atoms with Crippen molar-refractivity contribution in [1.82, 2.24) is 5.32 Å². The molecule has 5 heteroatoms. The van der Waals surface area contributed by atoms with E-state index in [-0.39, 0.29) is 16.8 Å². The van der Waals surface area contributed by atoms with Gasteiger partial charge in [-0.3, -0.25) is 0 Å². The van der Waals surface area contributed by atoms with Crippen LogP contribution in [0.15, 0.2) is 18.2 Å². The monoisotopic (exact) mass is 250 g/mol. The predicted octanol–water partition coefficient (Wildman–Crippen LogP) is 2.61. The second-order valence-electron chi connectivity index (χ2n) is 5.18. The number of carbonyl (C=O) groups is 2. The minimum absolute atomic E-state index is 0.0825. The van der Waals surface area contributed by atoms with Gasteiger partial charge >= 0.3 is 12.0 Å². The number of carboxylic acid groups (broad SMARTS) is 1. The van der Waals surface area contributed by atoms with Crippen LogP contribution in [0.5, 0.6) is 0 Å². The van der Waals surface area contributed by atoms with E-state index in [1.165, 1.54) is 6.07 Å². The van der Waals surface area contributed by atoms with E-state index in [1.54, 1.807) is 19.1 Å². The number of carbonyl (C=O) groups excluding carboxylic acids is 1. The van der Waals surface area contributed by atoms with E-state index in [0.29, 0.717) is 0 Å². The van der Waals surface area contributed by atoms with Gasteiger partial charge in [0.05, 0.1) is 11.3 Å². The first kappa shape index (κ1) is 14.0. The standard InChI is InChI=1S/C13H18N2O3/c1-8-5-6-10(9(7-8)11(16)17)14-12(18)15-13(2,3)4/h5-7H,1-4H3,(H,16,17)(H2,14,15,18). The second-order valence-corrected chi connectivity index (χ2v) is 5.18. The molecule has 0 aliphatic carbocycles. The molecule has 0 radical (unpaired) electrons. The smallest absolute Gasteiger partial charge is 0.337 e. The van der Waals surface area contributed by atoms with Crippen molar-refractivity contribution in [1.29, 1.82) is 0 Å². The summed E-state index contributed by atoms with van der Waals surface area (Å²) in [6.45, 7) is 7.34. The van der Waals surface area contributed by atoms with Gasteiger partial charge in [-0.05, 0) is 39.8 Å². The number of hydrogen-bond donors (Lipinski definition) is 3. The molecule has 0 heterocycles. The summed E-state index contributed by atoms with van der Waals surface area (Å²) >= 11 is 0. The lowest BCUT2D eigenvalue weighted by Crippen LogP contribution is -2.43. The molecule has 0 aliphatic rings. The van der Waals surface area contributed by atoms with Crippen molar-refractivity contribution in [2.75, 3.05) is 5.32 Å². The molecule has 98 valence electrons. The number of aryl methyl sites for hydroxylation is 1. The van der Waals surface area contributed by atoms with E-state index in [9.17, 15) is 9.59 Å². The van der Waals surface area contributed by atoms with Crippen LogP contribution in [0.3, 0.4) is 0 Å². The Balaban J connectivity index is 2.91. The first-order valence-corrected chi connectivity index (χ1v) is 5.62. The van der Waals surface area contributed by atoms with Crippen LogP contribution in [-0.4, -0.2) is 22.6 Å². The van der Waals surface area contributed by atoms with Crippen molar-refractivity contribution in [3.05, 3.63) is 29.3 Å². The van der Waals surface area contributed by atoms with E-state index < -0.39 is 12.0 Å². The Morgan fingerprint density at radius 2 is 1.83 bits per heavy atom. The number of aromatic carboxylic acids is 1. The summed E-state index contributed by atoms with van der Waals surface area (Å²) < 4.78 is 0. The second kappa shape index (κ2) is 5.08. The molecule has 0 spiro atoms. The summed E-state index contributed by atoms with van der Waals surface area (Å²) in [4.78, 5) is 22.7. The van der Waals surface area contributed by atoms with Crippen LogP contribution in [0.2, 0.25) is 0 Å². The van der Waals surface area contributed by atoms with Gasteiger partial charge < -0.3 is 15.7 Å². The maximum absolute atomic E-state index is 11.7. The zero-order chi connectivity index (χ0) is 13.9. The molecular formula is C13H18N2O3. The van der Waals surface area contributed by atoms with E-state index in [4.69, 9.17) is 5.11 Å². The lowest BCUT2D eigenvalue weighted by molar-refractivity contribution is 0.0698. The van der Waals surface area contributed by atoms with Crippen LogP contribution >= 0.6 is 0 Å². The van der Waals surface area contributed by atoms with Crippen molar-refractivity contribution >= 4 is 17.7 Å². The molecule has 2 amide bonds. The third-order valence-corrected chi connectivity index (χ3v) is 2.14. The van der Waals surface area contributed by atoms with Gasteiger partial charge in [0, 0.05) is 5.54 Å². The van der Waals surface area contributed by atoms with E-state index >= 15 is 0 Å². The number of benzene rings is 1. The minimum atomic E-state index is -1.07. The predicted molar refractivity (Wildman–Crippen MR) is 70.0 cm³/mol. The van der Waals surface area contributed by atoms with Gasteiger partial charge in [-0.25, -0.2) is 9.59 Å². The van der Waals surface area contributed by atoms with E-state index in [1.807, 2.05) is 20.8 Å². The van der Waals surface area contributed by atoms with Gasteiger partial charge in [0.2, 0.25) is 0 Å². The van der Waals surface area contributed by atoms with Gasteiger partial charge in [-0.15, -0.1) is 0 Å². The third-order valence-electron chi connectivity index (χ3n) is 2.14. The average molecular weight is 250 g/mol. The van der Waals surface area contributed by atoms with Gasteiger partial charge in [0.1, 0.15) is 0 Å². The first-order chi connectivity index (χ1) is 8.19. The maximum Gasteiger partial charge on any atom is 0.337 e. The highest BCUT2D eigenvalue weighted by molar-refractivity contribution is 6.00. The van der Waals surface area contributed by atoms with Gasteiger partial charge in [0.15, 0.2) is 0 Å². The van der Waals surface area contributed by atoms with Crippen LogP contribution in [0.25, 0.3) is 0 Å². The molecule has 0 unspecified atom stereocenters. The highest BCUT2D eigenvalue weighted by Crippen LogP contribution is 2.17. The van der Waals surface area contributed by atoms with E-state index in [2.05, 4.69) is 10.6 Å². The van der Waals surface area contributed by atoms with Crippen molar-refractivity contribution in [3.63, 3.8) is 0 Å². The Morgan fingerprint density at radius 3 is 2.33 bits per heavy atom. The number of hydrogen-bond acceptors (Lipinski definition) is 2. The number of amides is 2. The van der Waals surface area contributed by atoms with Gasteiger partial charge in [0.25, 0.3) is 0 Å². The van der Waals surface area contributed by atoms with Crippen LogP contribution in [0, 0.1) is 6.92 Å². The van der Waals surface area contributed by atoms with Crippen molar-refractivity contribution in [2.45, 2.75) is 33.2 Å². The number of rotatable bonds is 2. The third kappa shape index (κ3) is 4.08. The first-order valence-electron chi connectivity index (χ1n) is 5.62. The lowest BCUT2D eigenvalue weighted by atomic mass is 10.1. The van der Waals surface area contributed by atoms with Crippen molar-refractivity contribution in [3.8, 4) is 0 Å². The summed E-state index contributed by atoms with van der Waals surface area (Å²) in [5.41, 5.74) is 0.820. The summed E-state index contributed by atoms with van der Waals surface area (Å²) in [5.74, 6) is -1.07.